The summed E-state index contributed by atoms with van der Waals surface area (Å²) in [6.45, 7) is 3.33. The molecule has 0 radical (unpaired) electrons. The Labute approximate surface area is 147 Å². The lowest BCUT2D eigenvalue weighted by atomic mass is 10.1. The van der Waals surface area contributed by atoms with E-state index in [2.05, 4.69) is 10.6 Å². The fourth-order valence-corrected chi connectivity index (χ4v) is 2.39. The molecule has 25 heavy (non-hydrogen) atoms. The fraction of sp³-hybridized carbons (Fsp3) is 0.263. The topological polar surface area (TPSA) is 76.7 Å². The second-order valence-corrected chi connectivity index (χ2v) is 5.57. The average molecular weight is 342 g/mol. The number of hydrogen-bond donors (Lipinski definition) is 2. The van der Waals surface area contributed by atoms with Crippen LogP contribution in [0, 0.1) is 0 Å². The van der Waals surface area contributed by atoms with E-state index in [1.54, 1.807) is 44.6 Å². The van der Waals surface area contributed by atoms with Gasteiger partial charge in [-0.2, -0.15) is 0 Å². The highest BCUT2D eigenvalue weighted by Gasteiger charge is 2.14. The third kappa shape index (κ3) is 4.73. The SMILES string of the molecule is COc1ccc([C@@H](C)NC(=O)c2ccc(NC(C)=O)cc2)cc1OC. The first kappa shape index (κ1) is 18.3. The molecule has 132 valence electrons. The van der Waals surface area contributed by atoms with E-state index in [4.69, 9.17) is 9.47 Å². The van der Waals surface area contributed by atoms with E-state index in [0.29, 0.717) is 22.7 Å². The molecule has 2 aromatic rings. The number of carbonyl (C=O) groups excluding carboxylic acids is 2. The van der Waals surface area contributed by atoms with Crippen molar-refractivity contribution in [3.05, 3.63) is 53.6 Å². The Morgan fingerprint density at radius 3 is 2.16 bits per heavy atom. The Morgan fingerprint density at radius 1 is 0.960 bits per heavy atom. The molecule has 2 N–H and O–H groups in total. The van der Waals surface area contributed by atoms with Crippen LogP contribution < -0.4 is 20.1 Å². The molecule has 0 aromatic heterocycles. The Hall–Kier alpha value is -3.02. The Morgan fingerprint density at radius 2 is 1.60 bits per heavy atom. The molecule has 0 fully saturated rings. The molecule has 0 saturated carbocycles. The Kier molecular flexibility index (Phi) is 6.00. The van der Waals surface area contributed by atoms with Gasteiger partial charge in [0.25, 0.3) is 5.91 Å². The lowest BCUT2D eigenvalue weighted by molar-refractivity contribution is -0.114. The Bertz CT molecular complexity index is 757. The molecule has 0 saturated heterocycles. The van der Waals surface area contributed by atoms with Gasteiger partial charge in [0.1, 0.15) is 0 Å². The summed E-state index contributed by atoms with van der Waals surface area (Å²) in [5.74, 6) is 0.898. The first-order valence-corrected chi connectivity index (χ1v) is 7.85. The van der Waals surface area contributed by atoms with Gasteiger partial charge in [0.2, 0.25) is 5.91 Å². The molecule has 0 aliphatic heterocycles. The second-order valence-electron chi connectivity index (χ2n) is 5.57. The minimum absolute atomic E-state index is 0.153. The number of amides is 2. The van der Waals surface area contributed by atoms with Crippen LogP contribution in [-0.2, 0) is 4.79 Å². The number of benzene rings is 2. The number of nitrogens with one attached hydrogen (secondary N) is 2. The van der Waals surface area contributed by atoms with Crippen molar-refractivity contribution in [3.63, 3.8) is 0 Å². The van der Waals surface area contributed by atoms with Crippen molar-refractivity contribution in [1.82, 2.24) is 5.32 Å². The van der Waals surface area contributed by atoms with Crippen LogP contribution in [0.3, 0.4) is 0 Å². The predicted molar refractivity (Wildman–Crippen MR) is 96.2 cm³/mol. The molecule has 2 amide bonds. The largest absolute Gasteiger partial charge is 0.493 e. The maximum absolute atomic E-state index is 12.4. The van der Waals surface area contributed by atoms with Crippen molar-refractivity contribution in [2.75, 3.05) is 19.5 Å². The Balaban J connectivity index is 2.08. The summed E-state index contributed by atoms with van der Waals surface area (Å²) in [5, 5.41) is 5.60. The van der Waals surface area contributed by atoms with Crippen LogP contribution in [0.2, 0.25) is 0 Å². The molecule has 0 spiro atoms. The van der Waals surface area contributed by atoms with Crippen molar-refractivity contribution < 1.29 is 19.1 Å². The summed E-state index contributed by atoms with van der Waals surface area (Å²) in [4.78, 5) is 23.4. The molecular weight excluding hydrogens is 320 g/mol. The van der Waals surface area contributed by atoms with Gasteiger partial charge in [-0.25, -0.2) is 0 Å². The quantitative estimate of drug-likeness (QED) is 0.845. The van der Waals surface area contributed by atoms with Gasteiger partial charge >= 0.3 is 0 Å². The predicted octanol–water partition coefficient (Wildman–Crippen LogP) is 3.15. The summed E-state index contributed by atoms with van der Waals surface area (Å²) >= 11 is 0. The molecule has 2 rings (SSSR count). The van der Waals surface area contributed by atoms with Crippen LogP contribution in [0.15, 0.2) is 42.5 Å². The van der Waals surface area contributed by atoms with E-state index in [1.807, 2.05) is 19.1 Å². The van der Waals surface area contributed by atoms with E-state index < -0.39 is 0 Å². The molecule has 0 aliphatic rings. The second kappa shape index (κ2) is 8.19. The molecule has 0 aliphatic carbocycles. The van der Waals surface area contributed by atoms with Crippen molar-refractivity contribution in [2.24, 2.45) is 0 Å². The highest BCUT2D eigenvalue weighted by Crippen LogP contribution is 2.30. The van der Waals surface area contributed by atoms with Crippen molar-refractivity contribution >= 4 is 17.5 Å². The van der Waals surface area contributed by atoms with Crippen LogP contribution in [0.5, 0.6) is 11.5 Å². The van der Waals surface area contributed by atoms with Crippen molar-refractivity contribution in [2.45, 2.75) is 19.9 Å². The smallest absolute Gasteiger partial charge is 0.251 e. The molecule has 6 nitrogen and oxygen atoms in total. The van der Waals surface area contributed by atoms with E-state index in [0.717, 1.165) is 5.56 Å². The van der Waals surface area contributed by atoms with Crippen LogP contribution in [0.25, 0.3) is 0 Å². The minimum Gasteiger partial charge on any atom is -0.493 e. The van der Waals surface area contributed by atoms with Gasteiger partial charge in [-0.15, -0.1) is 0 Å². The molecule has 0 unspecified atom stereocenters. The highest BCUT2D eigenvalue weighted by molar-refractivity contribution is 5.95. The third-order valence-corrected chi connectivity index (χ3v) is 3.72. The van der Waals surface area contributed by atoms with Gasteiger partial charge in [0.15, 0.2) is 11.5 Å². The van der Waals surface area contributed by atoms with Crippen LogP contribution >= 0.6 is 0 Å². The summed E-state index contributed by atoms with van der Waals surface area (Å²) in [6, 6.07) is 12.0. The lowest BCUT2D eigenvalue weighted by Crippen LogP contribution is -2.26. The monoisotopic (exact) mass is 342 g/mol. The van der Waals surface area contributed by atoms with E-state index in [-0.39, 0.29) is 17.9 Å². The fourth-order valence-electron chi connectivity index (χ4n) is 2.39. The molecule has 2 aromatic carbocycles. The van der Waals surface area contributed by atoms with Gasteiger partial charge in [0, 0.05) is 18.2 Å². The molecule has 6 heteroatoms. The maximum Gasteiger partial charge on any atom is 0.251 e. The average Bonchev–Trinajstić information content (AvgIpc) is 2.61. The van der Waals surface area contributed by atoms with Crippen molar-refractivity contribution in [3.8, 4) is 11.5 Å². The zero-order valence-electron chi connectivity index (χ0n) is 14.8. The van der Waals surface area contributed by atoms with Crippen LogP contribution in [-0.4, -0.2) is 26.0 Å². The summed E-state index contributed by atoms with van der Waals surface area (Å²) < 4.78 is 10.5. The molecule has 0 heterocycles. The molecule has 0 bridgehead atoms. The van der Waals surface area contributed by atoms with Gasteiger partial charge in [-0.05, 0) is 48.9 Å². The van der Waals surface area contributed by atoms with Crippen molar-refractivity contribution in [1.29, 1.82) is 0 Å². The number of anilines is 1. The lowest BCUT2D eigenvalue weighted by Gasteiger charge is -2.16. The van der Waals surface area contributed by atoms with Crippen LogP contribution in [0.1, 0.15) is 35.8 Å². The summed E-state index contributed by atoms with van der Waals surface area (Å²) in [5.41, 5.74) is 2.07. The van der Waals surface area contributed by atoms with Crippen LogP contribution in [0.4, 0.5) is 5.69 Å². The number of rotatable bonds is 6. The number of ether oxygens (including phenoxy) is 2. The van der Waals surface area contributed by atoms with E-state index >= 15 is 0 Å². The normalized spacial score (nSPS) is 11.4. The van der Waals surface area contributed by atoms with Gasteiger partial charge in [-0.3, -0.25) is 9.59 Å². The maximum atomic E-state index is 12.4. The van der Waals surface area contributed by atoms with E-state index in [9.17, 15) is 9.59 Å². The number of hydrogen-bond acceptors (Lipinski definition) is 4. The van der Waals surface area contributed by atoms with Gasteiger partial charge < -0.3 is 20.1 Å². The van der Waals surface area contributed by atoms with Gasteiger partial charge in [0.05, 0.1) is 20.3 Å². The first-order chi connectivity index (χ1) is 11.9. The first-order valence-electron chi connectivity index (χ1n) is 7.85. The zero-order valence-corrected chi connectivity index (χ0v) is 14.8. The van der Waals surface area contributed by atoms with E-state index in [1.165, 1.54) is 6.92 Å². The standard InChI is InChI=1S/C19H22N2O4/c1-12(15-7-10-17(24-3)18(11-15)25-4)20-19(23)14-5-8-16(9-6-14)21-13(2)22/h5-12H,1-4H3,(H,20,23)(H,21,22)/t12-/m1/s1. The molecule has 1 atom stereocenters. The molecular formula is C19H22N2O4. The number of methoxy groups -OCH3 is 2. The summed E-state index contributed by atoms with van der Waals surface area (Å²) in [7, 11) is 3.15. The van der Waals surface area contributed by atoms with Gasteiger partial charge in [-0.1, -0.05) is 6.07 Å². The zero-order chi connectivity index (χ0) is 18.4. The summed E-state index contributed by atoms with van der Waals surface area (Å²) in [6.07, 6.45) is 0. The third-order valence-electron chi connectivity index (χ3n) is 3.72. The highest BCUT2D eigenvalue weighted by atomic mass is 16.5. The number of carbonyl (C=O) groups is 2. The minimum atomic E-state index is -0.206.